The Labute approximate surface area is 165 Å². The molecule has 1 N–H and O–H groups in total. The highest BCUT2D eigenvalue weighted by Gasteiger charge is 2.23. The average Bonchev–Trinajstić information content (AvgIpc) is 2.76. The first-order valence-electron chi connectivity index (χ1n) is 8.98. The zero-order chi connectivity index (χ0) is 20.2. The van der Waals surface area contributed by atoms with Gasteiger partial charge < -0.3 is 9.80 Å². The Morgan fingerprint density at radius 1 is 1.00 bits per heavy atom. The molecule has 1 fully saturated rings. The van der Waals surface area contributed by atoms with Gasteiger partial charge in [-0.25, -0.2) is 23.5 Å². The zero-order valence-electron chi connectivity index (χ0n) is 15.3. The van der Waals surface area contributed by atoms with Crippen molar-refractivity contribution in [1.29, 1.82) is 0 Å². The molecule has 1 saturated heterocycles. The average molecular weight is 397 g/mol. The third-order valence-corrected chi connectivity index (χ3v) is 4.53. The smallest absolute Gasteiger partial charge is 0.323 e. The van der Waals surface area contributed by atoms with Crippen LogP contribution in [-0.2, 0) is 0 Å². The quantitative estimate of drug-likeness (QED) is 0.731. The zero-order valence-corrected chi connectivity index (χ0v) is 15.3. The minimum atomic E-state index is -0.977. The number of piperazine rings is 1. The maximum atomic E-state index is 14.1. The van der Waals surface area contributed by atoms with E-state index < -0.39 is 11.6 Å². The largest absolute Gasteiger partial charge is 0.353 e. The highest BCUT2D eigenvalue weighted by molar-refractivity contribution is 5.88. The van der Waals surface area contributed by atoms with E-state index in [4.69, 9.17) is 0 Å². The molecule has 1 aromatic carbocycles. The molecule has 3 aromatic rings. The summed E-state index contributed by atoms with van der Waals surface area (Å²) in [5, 5.41) is 10.3. The van der Waals surface area contributed by atoms with Gasteiger partial charge in [0.2, 0.25) is 0 Å². The number of nitrogens with one attached hydrogen (secondary N) is 1. The number of urea groups is 1. The van der Waals surface area contributed by atoms with Gasteiger partial charge in [-0.2, -0.15) is 5.10 Å². The van der Waals surface area contributed by atoms with Crippen LogP contribution in [0.3, 0.4) is 0 Å². The van der Waals surface area contributed by atoms with Gasteiger partial charge in [0.05, 0.1) is 5.56 Å². The number of carbonyl (C=O) groups is 1. The molecule has 4 rings (SSSR count). The van der Waals surface area contributed by atoms with E-state index in [0.29, 0.717) is 37.8 Å². The monoisotopic (exact) mass is 397 g/mol. The van der Waals surface area contributed by atoms with Crippen LogP contribution in [0.1, 0.15) is 0 Å². The number of amides is 2. The Morgan fingerprint density at radius 2 is 1.83 bits per heavy atom. The second-order valence-corrected chi connectivity index (χ2v) is 6.35. The molecule has 2 amide bonds. The molecular weight excluding hydrogens is 380 g/mol. The third-order valence-electron chi connectivity index (χ3n) is 4.53. The highest BCUT2D eigenvalue weighted by atomic mass is 19.2. The van der Waals surface area contributed by atoms with Gasteiger partial charge >= 0.3 is 6.03 Å². The lowest BCUT2D eigenvalue weighted by Crippen LogP contribution is -2.50. The number of halogens is 2. The summed E-state index contributed by atoms with van der Waals surface area (Å²) in [6.45, 7) is 2.02. The van der Waals surface area contributed by atoms with Crippen LogP contribution in [0.15, 0.2) is 48.8 Å². The Bertz CT molecular complexity index is 1010. The van der Waals surface area contributed by atoms with Crippen LogP contribution in [0.25, 0.3) is 11.4 Å². The number of aromatic nitrogens is 4. The molecule has 1 aliphatic rings. The van der Waals surface area contributed by atoms with E-state index in [2.05, 4.69) is 25.5 Å². The summed E-state index contributed by atoms with van der Waals surface area (Å²) in [5.41, 5.74) is 0.00818. The van der Waals surface area contributed by atoms with Gasteiger partial charge in [-0.15, -0.1) is 5.10 Å². The van der Waals surface area contributed by atoms with E-state index in [-0.39, 0.29) is 17.4 Å². The van der Waals surface area contributed by atoms with Crippen molar-refractivity contribution in [3.05, 3.63) is 60.4 Å². The maximum Gasteiger partial charge on any atom is 0.323 e. The van der Waals surface area contributed by atoms with Gasteiger partial charge in [-0.05, 0) is 30.3 Å². The summed E-state index contributed by atoms with van der Waals surface area (Å²) < 4.78 is 27.6. The molecule has 3 heterocycles. The Morgan fingerprint density at radius 3 is 2.59 bits per heavy atom. The molecule has 0 spiro atoms. The Kier molecular flexibility index (Phi) is 5.23. The normalized spacial score (nSPS) is 14.0. The third kappa shape index (κ3) is 4.10. The van der Waals surface area contributed by atoms with Crippen LogP contribution < -0.4 is 10.2 Å². The lowest BCUT2D eigenvalue weighted by atomic mass is 10.2. The number of nitrogens with zero attached hydrogens (tertiary/aromatic N) is 6. The van der Waals surface area contributed by atoms with Gasteiger partial charge in [-0.1, -0.05) is 6.07 Å². The lowest BCUT2D eigenvalue weighted by molar-refractivity contribution is 0.208. The molecule has 0 radical (unpaired) electrons. The van der Waals surface area contributed by atoms with Gasteiger partial charge in [-0.3, -0.25) is 5.32 Å². The maximum absolute atomic E-state index is 14.1. The van der Waals surface area contributed by atoms with E-state index in [1.807, 2.05) is 4.90 Å². The highest BCUT2D eigenvalue weighted by Crippen LogP contribution is 2.23. The van der Waals surface area contributed by atoms with Crippen molar-refractivity contribution < 1.29 is 13.6 Å². The molecule has 0 saturated carbocycles. The fourth-order valence-corrected chi connectivity index (χ4v) is 3.03. The van der Waals surface area contributed by atoms with E-state index >= 15 is 0 Å². The van der Waals surface area contributed by atoms with Crippen LogP contribution in [-0.4, -0.2) is 57.3 Å². The van der Waals surface area contributed by atoms with E-state index in [0.717, 1.165) is 6.07 Å². The number of carbonyl (C=O) groups excluding carboxylic acids is 1. The van der Waals surface area contributed by atoms with Gasteiger partial charge in [0.1, 0.15) is 5.82 Å². The first kappa shape index (κ1) is 18.7. The summed E-state index contributed by atoms with van der Waals surface area (Å²) in [7, 11) is 0. The molecule has 0 atom stereocenters. The Hall–Kier alpha value is -3.69. The van der Waals surface area contributed by atoms with Gasteiger partial charge in [0.25, 0.3) is 0 Å². The van der Waals surface area contributed by atoms with Crippen LogP contribution in [0.5, 0.6) is 0 Å². The number of anilines is 2. The van der Waals surface area contributed by atoms with Crippen LogP contribution in [0.2, 0.25) is 0 Å². The summed E-state index contributed by atoms with van der Waals surface area (Å²) in [6.07, 6.45) is 3.04. The second-order valence-electron chi connectivity index (χ2n) is 6.35. The predicted octanol–water partition coefficient (Wildman–Crippen LogP) is 2.57. The molecular formula is C19H17F2N7O. The number of benzene rings is 1. The predicted molar refractivity (Wildman–Crippen MR) is 102 cm³/mol. The van der Waals surface area contributed by atoms with Crippen molar-refractivity contribution >= 4 is 17.7 Å². The summed E-state index contributed by atoms with van der Waals surface area (Å²) >= 11 is 0. The van der Waals surface area contributed by atoms with Crippen molar-refractivity contribution in [2.24, 2.45) is 0 Å². The lowest BCUT2D eigenvalue weighted by Gasteiger charge is -2.35. The topological polar surface area (TPSA) is 87.1 Å². The summed E-state index contributed by atoms with van der Waals surface area (Å²) in [6, 6.07) is 8.70. The second kappa shape index (κ2) is 8.13. The summed E-state index contributed by atoms with van der Waals surface area (Å²) in [5.74, 6) is -0.832. The molecule has 0 aliphatic carbocycles. The fourth-order valence-electron chi connectivity index (χ4n) is 3.03. The van der Waals surface area contributed by atoms with E-state index in [1.165, 1.54) is 24.5 Å². The Balaban J connectivity index is 1.42. The molecule has 0 unspecified atom stereocenters. The minimum Gasteiger partial charge on any atom is -0.353 e. The minimum absolute atomic E-state index is 0.00818. The van der Waals surface area contributed by atoms with Gasteiger partial charge in [0, 0.05) is 38.6 Å². The van der Waals surface area contributed by atoms with Crippen molar-refractivity contribution in [3.63, 3.8) is 0 Å². The summed E-state index contributed by atoms with van der Waals surface area (Å²) in [4.78, 5) is 24.4. The first-order valence-corrected chi connectivity index (χ1v) is 8.98. The molecule has 10 heteroatoms. The number of hydrogen-bond acceptors (Lipinski definition) is 6. The van der Waals surface area contributed by atoms with Crippen LogP contribution in [0.4, 0.5) is 25.2 Å². The van der Waals surface area contributed by atoms with E-state index in [9.17, 15) is 13.6 Å². The standard InChI is InChI=1S/C19H17F2N7O/c20-14-4-1-3-13(17(14)21)18-22-8-6-16(25-18)27-9-11-28(12-10-27)19(29)24-15-5-2-7-23-26-15/h1-8H,9-12H2,(H,24,26,29). The molecule has 29 heavy (non-hydrogen) atoms. The van der Waals surface area contributed by atoms with Crippen molar-refractivity contribution in [3.8, 4) is 11.4 Å². The molecule has 148 valence electrons. The SMILES string of the molecule is O=C(Nc1cccnn1)N1CCN(c2ccnc(-c3cccc(F)c3F)n2)CC1. The van der Waals surface area contributed by atoms with Crippen molar-refractivity contribution in [2.75, 3.05) is 36.4 Å². The van der Waals surface area contributed by atoms with Crippen molar-refractivity contribution in [2.45, 2.75) is 0 Å². The van der Waals surface area contributed by atoms with Crippen LogP contribution in [0, 0.1) is 11.6 Å². The fraction of sp³-hybridized carbons (Fsp3) is 0.211. The molecule has 2 aromatic heterocycles. The molecule has 8 nitrogen and oxygen atoms in total. The van der Waals surface area contributed by atoms with Crippen LogP contribution >= 0.6 is 0 Å². The van der Waals surface area contributed by atoms with Crippen molar-refractivity contribution in [1.82, 2.24) is 25.1 Å². The van der Waals surface area contributed by atoms with Gasteiger partial charge in [0.15, 0.2) is 23.3 Å². The number of hydrogen-bond donors (Lipinski definition) is 1. The first-order chi connectivity index (χ1) is 14.1. The molecule has 1 aliphatic heterocycles. The molecule has 0 bridgehead atoms. The number of rotatable bonds is 3. The van der Waals surface area contributed by atoms with E-state index in [1.54, 1.807) is 23.1 Å².